The average Bonchev–Trinajstić information content (AvgIpc) is 3.25. The molecule has 3 aliphatic heterocycles. The summed E-state index contributed by atoms with van der Waals surface area (Å²) in [5.41, 5.74) is -0.218. The number of thiol groups is 1. The minimum atomic E-state index is -1.22. The Hall–Kier alpha value is -2.05. The Labute approximate surface area is 166 Å². The van der Waals surface area contributed by atoms with Crippen molar-refractivity contribution >= 4 is 34.3 Å². The van der Waals surface area contributed by atoms with Crippen molar-refractivity contribution in [3.05, 3.63) is 23.8 Å². The van der Waals surface area contributed by atoms with Crippen LogP contribution in [0.25, 0.3) is 0 Å². The smallest absolute Gasteiger partial charge is 0.260 e. The van der Waals surface area contributed by atoms with Gasteiger partial charge in [-0.15, -0.1) is 11.7 Å². The van der Waals surface area contributed by atoms with E-state index < -0.39 is 22.4 Å². The lowest BCUT2D eigenvalue weighted by molar-refractivity contribution is -0.161. The van der Waals surface area contributed by atoms with Crippen LogP contribution in [-0.2, 0) is 9.59 Å². The molecule has 9 heteroatoms. The topological polar surface area (TPSA) is 82.9 Å². The van der Waals surface area contributed by atoms with Gasteiger partial charge in [0, 0.05) is 13.5 Å². The number of carbonyl (C=O) groups is 2. The van der Waals surface area contributed by atoms with Crippen molar-refractivity contribution in [3.63, 3.8) is 0 Å². The van der Waals surface area contributed by atoms with E-state index in [1.54, 1.807) is 37.9 Å². The van der Waals surface area contributed by atoms with Crippen LogP contribution in [0, 0.1) is 16.7 Å². The van der Waals surface area contributed by atoms with Crippen molar-refractivity contribution in [2.75, 3.05) is 13.8 Å². The molecular formula is C18H19N3O4S2. The second-order valence-electron chi connectivity index (χ2n) is 7.40. The molecule has 3 heterocycles. The van der Waals surface area contributed by atoms with Crippen LogP contribution in [0.1, 0.15) is 31.9 Å². The van der Waals surface area contributed by atoms with E-state index in [1.807, 2.05) is 6.07 Å². The van der Waals surface area contributed by atoms with Gasteiger partial charge in [0.1, 0.15) is 6.04 Å². The number of carbonyl (C=O) groups excluding carboxylic acids is 2. The molecule has 0 bridgehead atoms. The van der Waals surface area contributed by atoms with Crippen molar-refractivity contribution in [2.24, 2.45) is 5.41 Å². The predicted octanol–water partition coefficient (Wildman–Crippen LogP) is 2.35. The number of nitriles is 1. The van der Waals surface area contributed by atoms with Gasteiger partial charge in [-0.25, -0.2) is 0 Å². The Kier molecular flexibility index (Phi) is 4.05. The average molecular weight is 406 g/mol. The molecular weight excluding hydrogens is 386 g/mol. The summed E-state index contributed by atoms with van der Waals surface area (Å²) >= 11 is 4.35. The Morgan fingerprint density at radius 3 is 2.70 bits per heavy atom. The summed E-state index contributed by atoms with van der Waals surface area (Å²) in [6, 6.07) is 6.55. The molecule has 0 unspecified atom stereocenters. The van der Waals surface area contributed by atoms with Crippen molar-refractivity contribution < 1.29 is 19.1 Å². The molecule has 4 atom stereocenters. The van der Waals surface area contributed by atoms with Gasteiger partial charge in [-0.2, -0.15) is 5.26 Å². The number of rotatable bonds is 2. The molecule has 0 spiro atoms. The first-order valence-corrected chi connectivity index (χ1v) is 10.4. The number of piperazine rings is 1. The number of hydrogen-bond acceptors (Lipinski definition) is 7. The summed E-state index contributed by atoms with van der Waals surface area (Å²) in [5, 5.41) is 10.0. The van der Waals surface area contributed by atoms with E-state index in [1.165, 1.54) is 4.90 Å². The first-order chi connectivity index (χ1) is 12.8. The summed E-state index contributed by atoms with van der Waals surface area (Å²) in [4.78, 5) is 28.3. The largest absolute Gasteiger partial charge is 0.454 e. The second kappa shape index (κ2) is 5.97. The zero-order chi connectivity index (χ0) is 19.6. The number of amides is 2. The van der Waals surface area contributed by atoms with Crippen LogP contribution in [0.5, 0.6) is 11.5 Å². The van der Waals surface area contributed by atoms with Crippen LogP contribution in [0.2, 0.25) is 0 Å². The fourth-order valence-corrected chi connectivity index (χ4v) is 5.85. The van der Waals surface area contributed by atoms with E-state index in [0.717, 1.165) is 16.4 Å². The number of likely N-dealkylation sites (N-methyl/N-ethyl adjacent to an activating group) is 1. The molecule has 2 saturated heterocycles. The maximum atomic E-state index is 13.3. The fourth-order valence-electron chi connectivity index (χ4n) is 4.29. The third kappa shape index (κ3) is 2.29. The minimum Gasteiger partial charge on any atom is -0.454 e. The summed E-state index contributed by atoms with van der Waals surface area (Å²) in [5.74, 6) is 0.795. The Morgan fingerprint density at radius 2 is 2.04 bits per heavy atom. The molecule has 1 aromatic rings. The van der Waals surface area contributed by atoms with Gasteiger partial charge in [-0.05, 0) is 31.5 Å². The number of benzene rings is 1. The van der Waals surface area contributed by atoms with Crippen molar-refractivity contribution in [3.8, 4) is 17.6 Å². The zero-order valence-corrected chi connectivity index (χ0v) is 16.8. The zero-order valence-electron chi connectivity index (χ0n) is 15.1. The third-order valence-corrected chi connectivity index (χ3v) is 7.53. The monoisotopic (exact) mass is 405 g/mol. The minimum absolute atomic E-state index is 0.137. The van der Waals surface area contributed by atoms with E-state index in [9.17, 15) is 14.9 Å². The van der Waals surface area contributed by atoms with Gasteiger partial charge in [-0.1, -0.05) is 16.9 Å². The van der Waals surface area contributed by atoms with Crippen molar-refractivity contribution in [2.45, 2.75) is 37.2 Å². The summed E-state index contributed by atoms with van der Waals surface area (Å²) in [6.07, 6.45) is 0.200. The quantitative estimate of drug-likeness (QED) is 0.601. The number of hydrogen-bond donors (Lipinski definition) is 1. The molecule has 0 radical (unpaired) electrons. The van der Waals surface area contributed by atoms with Crippen LogP contribution < -0.4 is 9.47 Å². The van der Waals surface area contributed by atoms with E-state index >= 15 is 0 Å². The molecule has 0 aliphatic carbocycles. The van der Waals surface area contributed by atoms with Crippen molar-refractivity contribution in [1.82, 2.24) is 9.80 Å². The van der Waals surface area contributed by atoms with Gasteiger partial charge in [0.15, 0.2) is 16.4 Å². The molecule has 7 nitrogen and oxygen atoms in total. The third-order valence-electron chi connectivity index (χ3n) is 5.81. The highest BCUT2D eigenvalue weighted by Crippen LogP contribution is 2.61. The Morgan fingerprint density at radius 1 is 1.33 bits per heavy atom. The Bertz CT molecular complexity index is 888. The highest BCUT2D eigenvalue weighted by molar-refractivity contribution is 8.69. The van der Waals surface area contributed by atoms with E-state index in [-0.39, 0.29) is 25.0 Å². The van der Waals surface area contributed by atoms with Crippen LogP contribution in [-0.4, -0.2) is 46.4 Å². The van der Waals surface area contributed by atoms with E-state index in [4.69, 9.17) is 9.47 Å². The molecule has 0 N–H and O–H groups in total. The normalized spacial score (nSPS) is 34.6. The van der Waals surface area contributed by atoms with E-state index in [0.29, 0.717) is 11.5 Å². The first kappa shape index (κ1) is 18.3. The fraction of sp³-hybridized carbons (Fsp3) is 0.500. The molecule has 0 saturated carbocycles. The summed E-state index contributed by atoms with van der Waals surface area (Å²) in [7, 11) is 2.64. The molecule has 0 aromatic heterocycles. The van der Waals surface area contributed by atoms with Gasteiger partial charge in [0.2, 0.25) is 12.7 Å². The van der Waals surface area contributed by atoms with Crippen LogP contribution in [0.4, 0.5) is 0 Å². The van der Waals surface area contributed by atoms with Gasteiger partial charge < -0.3 is 19.3 Å². The van der Waals surface area contributed by atoms with Gasteiger partial charge >= 0.3 is 0 Å². The van der Waals surface area contributed by atoms with Crippen LogP contribution in [0.15, 0.2) is 18.2 Å². The maximum absolute atomic E-state index is 13.3. The number of fused-ring (bicyclic) bond motifs is 2. The highest BCUT2D eigenvalue weighted by atomic mass is 33.1. The maximum Gasteiger partial charge on any atom is 0.260 e. The molecule has 3 aliphatic rings. The number of ether oxygens (including phenoxy) is 2. The van der Waals surface area contributed by atoms with Crippen LogP contribution in [0.3, 0.4) is 0 Å². The van der Waals surface area contributed by atoms with E-state index in [2.05, 4.69) is 17.7 Å². The predicted molar refractivity (Wildman–Crippen MR) is 102 cm³/mol. The highest BCUT2D eigenvalue weighted by Gasteiger charge is 2.67. The van der Waals surface area contributed by atoms with Crippen molar-refractivity contribution in [1.29, 1.82) is 5.26 Å². The molecule has 27 heavy (non-hydrogen) atoms. The molecule has 2 amide bonds. The number of nitrogens with zero attached hydrogens (tertiary/aromatic N) is 3. The van der Waals surface area contributed by atoms with Gasteiger partial charge in [0.05, 0.1) is 17.5 Å². The molecule has 142 valence electrons. The summed E-state index contributed by atoms with van der Waals surface area (Å²) < 4.78 is 10.8. The standard InChI is InChI=1S/C18H19N3O4S2/c1-10-15(22)21-14(11-4-5-12-13(6-11)25-9-24-12)17(2,8-19)7-18(21,27-26)16(23)20(10)3/h4-6,10,14,26H,7,9H2,1-3H3/t10-,14+,17-,18+/m0/s1. The Balaban J connectivity index is 1.91. The van der Waals surface area contributed by atoms with Crippen LogP contribution >= 0.6 is 22.5 Å². The first-order valence-electron chi connectivity index (χ1n) is 8.53. The SMILES string of the molecule is C[C@H]1C(=O)N2[C@H](c3ccc4c(c3)OCO4)[C@](C)(C#N)C[C@@]2(SS)C(=O)N1C. The molecule has 1 aromatic carbocycles. The lowest BCUT2D eigenvalue weighted by Gasteiger charge is -2.47. The van der Waals surface area contributed by atoms with Gasteiger partial charge in [-0.3, -0.25) is 9.59 Å². The second-order valence-corrected chi connectivity index (χ2v) is 8.80. The molecule has 4 rings (SSSR count). The lowest BCUT2D eigenvalue weighted by atomic mass is 9.79. The molecule has 2 fully saturated rings. The lowest BCUT2D eigenvalue weighted by Crippen LogP contribution is -2.66. The summed E-state index contributed by atoms with van der Waals surface area (Å²) in [6.45, 7) is 3.63. The van der Waals surface area contributed by atoms with Gasteiger partial charge in [0.25, 0.3) is 5.91 Å².